The van der Waals surface area contributed by atoms with Gasteiger partial charge in [0, 0.05) is 54.8 Å². The third kappa shape index (κ3) is 10.5. The molecule has 68 heavy (non-hydrogen) atoms. The van der Waals surface area contributed by atoms with Crippen molar-refractivity contribution in [2.75, 3.05) is 27.3 Å². The van der Waals surface area contributed by atoms with E-state index in [4.69, 9.17) is 18.9 Å². The Kier molecular flexibility index (Phi) is 15.2. The fraction of sp³-hybridized carbons (Fsp3) is 0.286. The second kappa shape index (κ2) is 21.7. The van der Waals surface area contributed by atoms with Crippen molar-refractivity contribution >= 4 is 17.8 Å². The van der Waals surface area contributed by atoms with Crippen LogP contribution in [0.3, 0.4) is 0 Å². The number of aromatic nitrogens is 6. The number of benzene rings is 2. The van der Waals surface area contributed by atoms with Crippen molar-refractivity contribution in [1.82, 2.24) is 39.7 Å². The van der Waals surface area contributed by atoms with E-state index < -0.39 is 23.7 Å². The van der Waals surface area contributed by atoms with Crippen molar-refractivity contribution < 1.29 is 42.1 Å². The van der Waals surface area contributed by atoms with Crippen LogP contribution in [0.4, 0.5) is 8.78 Å². The lowest BCUT2D eigenvalue weighted by Gasteiger charge is -2.38. The van der Waals surface area contributed by atoms with Crippen LogP contribution in [0.1, 0.15) is 81.7 Å². The Morgan fingerprint density at radius 1 is 0.647 bits per heavy atom. The maximum atomic E-state index is 14.8. The fourth-order valence-electron chi connectivity index (χ4n) is 7.94. The molecule has 0 aliphatic carbocycles. The standard InChI is InChI=1S/C25H22FN5O4.C24H22FN5O3/c1-15-7-8-17(35-23-20(25(33)34-2)16(13-27)9-12-30-23)14-31(15)24(32)18-5-3-6-19(26)21(18)22-28-10-4-11-29-22;1-15-4-6-18(33-23-21(32-2)16(13-26)8-11-29-23)14-30(15)24(31)19-7-5-17(25)12-20(19)22-27-9-3-10-28-22/h3-6,9-12,15,17H,7-8,14H2,1-2H3;3,5,7-12,15,18H,4,6,14H2,1-2H3/t15-,17-;15-,18-/m11/s1. The molecule has 0 bridgehead atoms. The summed E-state index contributed by atoms with van der Waals surface area (Å²) < 4.78 is 51.0. The zero-order chi connectivity index (χ0) is 48.3. The van der Waals surface area contributed by atoms with Crippen molar-refractivity contribution in [1.29, 1.82) is 10.5 Å². The summed E-state index contributed by atoms with van der Waals surface area (Å²) in [6.45, 7) is 4.34. The van der Waals surface area contributed by atoms with Crippen molar-refractivity contribution in [3.63, 3.8) is 0 Å². The Morgan fingerprint density at radius 2 is 1.21 bits per heavy atom. The van der Waals surface area contributed by atoms with E-state index in [0.717, 1.165) is 0 Å². The van der Waals surface area contributed by atoms with Gasteiger partial charge in [-0.2, -0.15) is 10.5 Å². The molecule has 6 aromatic rings. The molecule has 6 heterocycles. The topological polar surface area (TPSA) is 220 Å². The van der Waals surface area contributed by atoms with Gasteiger partial charge in [-0.15, -0.1) is 0 Å². The van der Waals surface area contributed by atoms with E-state index in [1.54, 1.807) is 46.5 Å². The van der Waals surface area contributed by atoms with Crippen molar-refractivity contribution in [3.05, 3.63) is 137 Å². The number of amides is 2. The lowest BCUT2D eigenvalue weighted by molar-refractivity contribution is 0.0359. The van der Waals surface area contributed by atoms with Gasteiger partial charge in [-0.1, -0.05) is 6.07 Å². The highest BCUT2D eigenvalue weighted by Crippen LogP contribution is 2.33. The van der Waals surface area contributed by atoms with Gasteiger partial charge < -0.3 is 28.7 Å². The summed E-state index contributed by atoms with van der Waals surface area (Å²) in [6.07, 6.45) is 10.6. The van der Waals surface area contributed by atoms with Crippen LogP contribution in [0.25, 0.3) is 22.8 Å². The highest BCUT2D eigenvalue weighted by Gasteiger charge is 2.35. The largest absolute Gasteiger partial charge is 0.490 e. The second-order valence-corrected chi connectivity index (χ2v) is 15.7. The number of nitrogens with zero attached hydrogens (tertiary/aromatic N) is 10. The fourth-order valence-corrected chi connectivity index (χ4v) is 7.94. The Balaban J connectivity index is 0.000000202. The van der Waals surface area contributed by atoms with Gasteiger partial charge in [-0.05, 0) is 94.1 Å². The quantitative estimate of drug-likeness (QED) is 0.126. The van der Waals surface area contributed by atoms with Crippen LogP contribution in [0.15, 0.2) is 97.8 Å². The lowest BCUT2D eigenvalue weighted by Crippen LogP contribution is -2.49. The third-order valence-electron chi connectivity index (χ3n) is 11.4. The predicted molar refractivity (Wildman–Crippen MR) is 239 cm³/mol. The second-order valence-electron chi connectivity index (χ2n) is 15.7. The van der Waals surface area contributed by atoms with Crippen molar-refractivity contribution in [3.8, 4) is 52.4 Å². The Bertz CT molecular complexity index is 2880. The van der Waals surface area contributed by atoms with Gasteiger partial charge in [-0.3, -0.25) is 9.59 Å². The number of pyridine rings is 2. The average Bonchev–Trinajstić information content (AvgIpc) is 3.37. The number of esters is 1. The summed E-state index contributed by atoms with van der Waals surface area (Å²) in [6, 6.07) is 18.3. The van der Waals surface area contributed by atoms with Crippen LogP contribution < -0.4 is 14.2 Å². The van der Waals surface area contributed by atoms with Crippen molar-refractivity contribution in [2.24, 2.45) is 0 Å². The van der Waals surface area contributed by atoms with Crippen LogP contribution in [-0.4, -0.2) is 109 Å². The Morgan fingerprint density at radius 3 is 1.79 bits per heavy atom. The maximum absolute atomic E-state index is 14.8. The van der Waals surface area contributed by atoms with Gasteiger partial charge >= 0.3 is 5.97 Å². The molecule has 0 spiro atoms. The first-order valence-corrected chi connectivity index (χ1v) is 21.4. The summed E-state index contributed by atoms with van der Waals surface area (Å²) in [5.74, 6) is -1.63. The first-order chi connectivity index (χ1) is 33.0. The average molecular weight is 923 g/mol. The zero-order valence-electron chi connectivity index (χ0n) is 37.4. The number of ether oxygens (including phenoxy) is 4. The van der Waals surface area contributed by atoms with Gasteiger partial charge in [0.2, 0.25) is 5.88 Å². The van der Waals surface area contributed by atoms with Gasteiger partial charge in [0.1, 0.15) is 47.1 Å². The predicted octanol–water partition coefficient (Wildman–Crippen LogP) is 7.04. The molecule has 19 heteroatoms. The minimum atomic E-state index is -0.742. The van der Waals surface area contributed by atoms with E-state index in [9.17, 15) is 33.7 Å². The van der Waals surface area contributed by atoms with E-state index in [-0.39, 0.29) is 88.0 Å². The molecule has 2 aliphatic heterocycles. The number of rotatable bonds is 10. The van der Waals surface area contributed by atoms with Crippen molar-refractivity contribution in [2.45, 2.75) is 63.8 Å². The molecule has 2 fully saturated rings. The number of carbonyl (C=O) groups is 3. The van der Waals surface area contributed by atoms with E-state index in [0.29, 0.717) is 48.9 Å². The number of methoxy groups -OCH3 is 2. The number of hydrogen-bond donors (Lipinski definition) is 0. The number of piperidine rings is 2. The monoisotopic (exact) mass is 922 g/mol. The van der Waals surface area contributed by atoms with Gasteiger partial charge in [-0.25, -0.2) is 43.5 Å². The number of halogens is 2. The van der Waals surface area contributed by atoms with E-state index in [2.05, 4.69) is 36.0 Å². The number of likely N-dealkylation sites (tertiary alicyclic amines) is 2. The molecule has 0 saturated carbocycles. The molecule has 346 valence electrons. The van der Waals surface area contributed by atoms with E-state index in [1.807, 2.05) is 19.9 Å². The van der Waals surface area contributed by atoms with Crippen LogP contribution in [0, 0.1) is 34.3 Å². The molecule has 0 N–H and O–H groups in total. The highest BCUT2D eigenvalue weighted by atomic mass is 19.1. The van der Waals surface area contributed by atoms with Gasteiger partial charge in [0.05, 0.1) is 49.6 Å². The molecule has 17 nitrogen and oxygen atoms in total. The Hall–Kier alpha value is -8.45. The summed E-state index contributed by atoms with van der Waals surface area (Å²) in [4.78, 5) is 67.6. The molecule has 2 amide bonds. The molecule has 0 radical (unpaired) electrons. The molecule has 2 saturated heterocycles. The molecule has 8 rings (SSSR count). The van der Waals surface area contributed by atoms with Gasteiger partial charge in [0.25, 0.3) is 17.7 Å². The van der Waals surface area contributed by atoms with Crippen LogP contribution >= 0.6 is 0 Å². The molecular formula is C49H44F2N10O7. The molecule has 4 atom stereocenters. The number of carbonyl (C=O) groups excluding carboxylic acids is 3. The summed E-state index contributed by atoms with van der Waals surface area (Å²) in [5.41, 5.74) is 1.15. The lowest BCUT2D eigenvalue weighted by atomic mass is 9.98. The number of nitriles is 2. The molecule has 2 aliphatic rings. The molecule has 4 aromatic heterocycles. The first-order valence-electron chi connectivity index (χ1n) is 21.4. The van der Waals surface area contributed by atoms with Crippen LogP contribution in [0.2, 0.25) is 0 Å². The molecular weight excluding hydrogens is 879 g/mol. The van der Waals surface area contributed by atoms with Gasteiger partial charge in [0.15, 0.2) is 17.4 Å². The first kappa shape index (κ1) is 47.5. The molecule has 2 aromatic carbocycles. The maximum Gasteiger partial charge on any atom is 0.344 e. The Labute approximate surface area is 390 Å². The zero-order valence-corrected chi connectivity index (χ0v) is 37.4. The van der Waals surface area contributed by atoms with Crippen LogP contribution in [-0.2, 0) is 4.74 Å². The highest BCUT2D eigenvalue weighted by molar-refractivity contribution is 6.01. The normalized spacial score (nSPS) is 17.6. The molecule has 0 unspecified atom stereocenters. The minimum Gasteiger partial charge on any atom is -0.490 e. The summed E-state index contributed by atoms with van der Waals surface area (Å²) >= 11 is 0. The SMILES string of the molecule is COC(=O)c1c(C#N)ccnc1O[C@@H]1CC[C@@H](C)N(C(=O)c2cccc(F)c2-c2ncccn2)C1.COc1c(C#N)ccnc1O[C@@H]1CC[C@@H](C)N(C(=O)c2ccc(F)cc2-c2ncccn2)C1. The minimum absolute atomic E-state index is 0.0321. The summed E-state index contributed by atoms with van der Waals surface area (Å²) in [7, 11) is 2.65. The van der Waals surface area contributed by atoms with E-state index >= 15 is 0 Å². The third-order valence-corrected chi connectivity index (χ3v) is 11.4. The van der Waals surface area contributed by atoms with E-state index in [1.165, 1.54) is 75.4 Å². The smallest absolute Gasteiger partial charge is 0.344 e. The number of hydrogen-bond acceptors (Lipinski definition) is 15. The van der Waals surface area contributed by atoms with Crippen LogP contribution in [0.5, 0.6) is 17.5 Å². The summed E-state index contributed by atoms with van der Waals surface area (Å²) in [5, 5.41) is 18.7.